The van der Waals surface area contributed by atoms with Gasteiger partial charge in [-0.25, -0.2) is 0 Å². The summed E-state index contributed by atoms with van der Waals surface area (Å²) in [6, 6.07) is 0. The molecular formula is C6H8N4O3. The third kappa shape index (κ3) is 2.01. The van der Waals surface area contributed by atoms with Crippen LogP contribution in [0.3, 0.4) is 0 Å². The summed E-state index contributed by atoms with van der Waals surface area (Å²) in [5.74, 6) is -0.637. The molecule has 7 nitrogen and oxygen atoms in total. The fourth-order valence-electron chi connectivity index (χ4n) is 0.965. The average Bonchev–Trinajstić information content (AvgIpc) is 2.29. The summed E-state index contributed by atoms with van der Waals surface area (Å²) >= 11 is 0. The molecule has 0 spiro atoms. The monoisotopic (exact) mass is 184 g/mol. The van der Waals surface area contributed by atoms with Gasteiger partial charge in [0.1, 0.15) is 11.9 Å². The van der Waals surface area contributed by atoms with Gasteiger partial charge in [-0.2, -0.15) is 5.10 Å². The predicted molar refractivity (Wildman–Crippen MR) is 42.8 cm³/mol. The van der Waals surface area contributed by atoms with E-state index in [1.165, 1.54) is 17.9 Å². The van der Waals surface area contributed by atoms with Crippen molar-refractivity contribution >= 4 is 11.6 Å². The maximum absolute atomic E-state index is 10.5. The van der Waals surface area contributed by atoms with Crippen molar-refractivity contribution in [2.24, 2.45) is 12.8 Å². The number of nitrogens with zero attached hydrogens (tertiary/aromatic N) is 3. The number of aromatic nitrogens is 2. The summed E-state index contributed by atoms with van der Waals surface area (Å²) in [5, 5.41) is 14.2. The molecule has 1 aromatic rings. The first-order chi connectivity index (χ1) is 6.00. The van der Waals surface area contributed by atoms with Crippen molar-refractivity contribution in [1.29, 1.82) is 0 Å². The molecule has 1 aromatic heterocycles. The van der Waals surface area contributed by atoms with Gasteiger partial charge in [-0.3, -0.25) is 19.6 Å². The van der Waals surface area contributed by atoms with E-state index in [1.54, 1.807) is 0 Å². The van der Waals surface area contributed by atoms with Gasteiger partial charge < -0.3 is 5.73 Å². The third-order valence-electron chi connectivity index (χ3n) is 1.42. The number of carbonyl (C=O) groups excluding carboxylic acids is 1. The zero-order valence-electron chi connectivity index (χ0n) is 6.93. The Morgan fingerprint density at radius 3 is 2.92 bits per heavy atom. The van der Waals surface area contributed by atoms with Crippen molar-refractivity contribution < 1.29 is 9.72 Å². The molecule has 0 fully saturated rings. The Labute approximate surface area is 73.3 Å². The van der Waals surface area contributed by atoms with Crippen molar-refractivity contribution in [3.05, 3.63) is 22.0 Å². The van der Waals surface area contributed by atoms with Gasteiger partial charge in [0.05, 0.1) is 11.3 Å². The van der Waals surface area contributed by atoms with Crippen LogP contribution in [-0.4, -0.2) is 20.6 Å². The average molecular weight is 184 g/mol. The van der Waals surface area contributed by atoms with Gasteiger partial charge in [-0.1, -0.05) is 0 Å². The zero-order valence-corrected chi connectivity index (χ0v) is 6.93. The van der Waals surface area contributed by atoms with Crippen LogP contribution in [0.4, 0.5) is 5.69 Å². The highest BCUT2D eigenvalue weighted by Gasteiger charge is 2.19. The summed E-state index contributed by atoms with van der Waals surface area (Å²) in [6.45, 7) is 0. The van der Waals surface area contributed by atoms with Crippen molar-refractivity contribution in [3.8, 4) is 0 Å². The molecule has 70 valence electrons. The fourth-order valence-corrected chi connectivity index (χ4v) is 0.965. The Kier molecular flexibility index (Phi) is 2.27. The highest BCUT2D eigenvalue weighted by atomic mass is 16.6. The van der Waals surface area contributed by atoms with E-state index in [1.807, 2.05) is 0 Å². The first kappa shape index (κ1) is 9.17. The van der Waals surface area contributed by atoms with E-state index in [0.717, 1.165) is 0 Å². The van der Waals surface area contributed by atoms with Gasteiger partial charge in [0.2, 0.25) is 5.91 Å². The smallest absolute Gasteiger partial charge is 0.310 e. The summed E-state index contributed by atoms with van der Waals surface area (Å²) in [4.78, 5) is 20.3. The maximum atomic E-state index is 10.5. The van der Waals surface area contributed by atoms with Crippen LogP contribution in [0.15, 0.2) is 6.20 Å². The largest absolute Gasteiger partial charge is 0.369 e. The number of nitrogens with two attached hydrogens (primary N) is 1. The van der Waals surface area contributed by atoms with Crippen LogP contribution in [0.2, 0.25) is 0 Å². The normalized spacial score (nSPS) is 9.92. The van der Waals surface area contributed by atoms with E-state index in [-0.39, 0.29) is 17.8 Å². The Bertz CT molecular complexity index is 357. The minimum Gasteiger partial charge on any atom is -0.369 e. The summed E-state index contributed by atoms with van der Waals surface area (Å²) in [6.07, 6.45) is 1.02. The molecule has 1 heterocycles. The highest BCUT2D eigenvalue weighted by molar-refractivity contribution is 5.77. The van der Waals surface area contributed by atoms with Crippen LogP contribution >= 0.6 is 0 Å². The lowest BCUT2D eigenvalue weighted by molar-refractivity contribution is -0.385. The molecule has 0 aliphatic heterocycles. The van der Waals surface area contributed by atoms with Gasteiger partial charge in [0, 0.05) is 7.05 Å². The first-order valence-electron chi connectivity index (χ1n) is 3.46. The Morgan fingerprint density at radius 1 is 1.85 bits per heavy atom. The van der Waals surface area contributed by atoms with Crippen LogP contribution in [0.5, 0.6) is 0 Å². The highest BCUT2D eigenvalue weighted by Crippen LogP contribution is 2.15. The van der Waals surface area contributed by atoms with Crippen molar-refractivity contribution in [2.45, 2.75) is 6.42 Å². The van der Waals surface area contributed by atoms with E-state index in [2.05, 4.69) is 5.10 Å². The molecule has 0 aliphatic carbocycles. The van der Waals surface area contributed by atoms with Crippen LogP contribution < -0.4 is 5.73 Å². The predicted octanol–water partition coefficient (Wildman–Crippen LogP) is -0.644. The molecule has 0 atom stereocenters. The van der Waals surface area contributed by atoms with Gasteiger partial charge in [-0.05, 0) is 0 Å². The molecule has 0 radical (unpaired) electrons. The number of aryl methyl sites for hydroxylation is 1. The van der Waals surface area contributed by atoms with Crippen LogP contribution in [-0.2, 0) is 18.3 Å². The number of amides is 1. The molecular weight excluding hydrogens is 176 g/mol. The number of carbonyl (C=O) groups is 1. The first-order valence-corrected chi connectivity index (χ1v) is 3.46. The molecule has 0 saturated carbocycles. The SMILES string of the molecule is Cn1cc([N+](=O)[O-])c(CC(N)=O)n1. The molecule has 0 aromatic carbocycles. The van der Waals surface area contributed by atoms with Crippen LogP contribution in [0.25, 0.3) is 0 Å². The standard InChI is InChI=1S/C6H8N4O3/c1-9-3-5(10(12)13)4(8-9)2-6(7)11/h3H,2H2,1H3,(H2,7,11). The van der Waals surface area contributed by atoms with Gasteiger partial charge in [-0.15, -0.1) is 0 Å². The molecule has 2 N–H and O–H groups in total. The molecule has 0 unspecified atom stereocenters. The Hall–Kier alpha value is -1.92. The summed E-state index contributed by atoms with van der Waals surface area (Å²) in [7, 11) is 1.54. The van der Waals surface area contributed by atoms with Gasteiger partial charge >= 0.3 is 5.69 Å². The lowest BCUT2D eigenvalue weighted by Crippen LogP contribution is -2.14. The van der Waals surface area contributed by atoms with Gasteiger partial charge in [0.25, 0.3) is 0 Å². The summed E-state index contributed by atoms with van der Waals surface area (Å²) in [5.41, 5.74) is 4.81. The van der Waals surface area contributed by atoms with Crippen molar-refractivity contribution in [3.63, 3.8) is 0 Å². The van der Waals surface area contributed by atoms with Crippen molar-refractivity contribution in [1.82, 2.24) is 9.78 Å². The second-order valence-corrected chi connectivity index (χ2v) is 2.53. The molecule has 13 heavy (non-hydrogen) atoms. The molecule has 0 saturated heterocycles. The lowest BCUT2D eigenvalue weighted by atomic mass is 10.3. The second-order valence-electron chi connectivity index (χ2n) is 2.53. The summed E-state index contributed by atoms with van der Waals surface area (Å²) < 4.78 is 1.27. The van der Waals surface area contributed by atoms with E-state index >= 15 is 0 Å². The number of nitro groups is 1. The lowest BCUT2D eigenvalue weighted by Gasteiger charge is -1.89. The van der Waals surface area contributed by atoms with E-state index in [4.69, 9.17) is 5.73 Å². The number of hydrogen-bond acceptors (Lipinski definition) is 4. The zero-order chi connectivity index (χ0) is 10.0. The van der Waals surface area contributed by atoms with Gasteiger partial charge in [0.15, 0.2) is 0 Å². The number of rotatable bonds is 3. The van der Waals surface area contributed by atoms with Crippen LogP contribution in [0, 0.1) is 10.1 Å². The molecule has 0 aliphatic rings. The Balaban J connectivity index is 3.04. The number of hydrogen-bond donors (Lipinski definition) is 1. The third-order valence-corrected chi connectivity index (χ3v) is 1.42. The number of primary amides is 1. The van der Waals surface area contributed by atoms with E-state index in [9.17, 15) is 14.9 Å². The molecule has 1 rings (SSSR count). The quantitative estimate of drug-likeness (QED) is 0.498. The topological polar surface area (TPSA) is 104 Å². The Morgan fingerprint density at radius 2 is 2.46 bits per heavy atom. The second kappa shape index (κ2) is 3.21. The van der Waals surface area contributed by atoms with Crippen molar-refractivity contribution in [2.75, 3.05) is 0 Å². The molecule has 1 amide bonds. The van der Waals surface area contributed by atoms with E-state index in [0.29, 0.717) is 0 Å². The maximum Gasteiger partial charge on any atom is 0.310 e. The fraction of sp³-hybridized carbons (Fsp3) is 0.333. The molecule has 7 heteroatoms. The van der Waals surface area contributed by atoms with Crippen LogP contribution in [0.1, 0.15) is 5.69 Å². The minimum absolute atomic E-state index is 0.0972. The molecule has 0 bridgehead atoms. The minimum atomic E-state index is -0.637. The van der Waals surface area contributed by atoms with E-state index < -0.39 is 10.8 Å².